The number of thiophene rings is 1. The van der Waals surface area contributed by atoms with E-state index in [1.165, 1.54) is 22.6 Å². The number of nitrogens with zero attached hydrogens (tertiary/aromatic N) is 4. The van der Waals surface area contributed by atoms with Gasteiger partial charge in [0.15, 0.2) is 0 Å². The van der Waals surface area contributed by atoms with Crippen molar-refractivity contribution in [3.63, 3.8) is 0 Å². The van der Waals surface area contributed by atoms with Crippen molar-refractivity contribution in [3.05, 3.63) is 52.2 Å². The summed E-state index contributed by atoms with van der Waals surface area (Å²) in [5.74, 6) is 1.33. The van der Waals surface area contributed by atoms with Gasteiger partial charge in [0.2, 0.25) is 11.8 Å². The number of hydrogen-bond donors (Lipinski definition) is 0. The average Bonchev–Trinajstić information content (AvgIpc) is 3.21. The van der Waals surface area contributed by atoms with Gasteiger partial charge < -0.3 is 4.42 Å². The van der Waals surface area contributed by atoms with E-state index in [0.29, 0.717) is 17.3 Å². The Morgan fingerprint density at radius 1 is 1.07 bits per heavy atom. The molecule has 0 amide bonds. The third-order valence-corrected chi connectivity index (χ3v) is 6.45. The molecule has 0 N–H and O–H groups in total. The number of halogens is 1. The van der Waals surface area contributed by atoms with Crippen LogP contribution >= 0.6 is 23.1 Å². The van der Waals surface area contributed by atoms with Gasteiger partial charge in [-0.05, 0) is 57.5 Å². The van der Waals surface area contributed by atoms with Gasteiger partial charge in [0.1, 0.15) is 21.5 Å². The van der Waals surface area contributed by atoms with Crippen LogP contribution in [0.15, 0.2) is 33.7 Å². The zero-order valence-corrected chi connectivity index (χ0v) is 16.9. The van der Waals surface area contributed by atoms with Crippen LogP contribution in [0.5, 0.6) is 0 Å². The van der Waals surface area contributed by atoms with Crippen molar-refractivity contribution in [1.29, 1.82) is 0 Å². The lowest BCUT2D eigenvalue weighted by Crippen LogP contribution is -1.95. The van der Waals surface area contributed by atoms with E-state index >= 15 is 0 Å². The first-order chi connectivity index (χ1) is 12.9. The highest BCUT2D eigenvalue weighted by molar-refractivity contribution is 7.99. The van der Waals surface area contributed by atoms with Crippen LogP contribution in [0.2, 0.25) is 0 Å². The van der Waals surface area contributed by atoms with Crippen molar-refractivity contribution in [2.75, 3.05) is 0 Å². The molecular formula is C19H17FN4OS2. The molecule has 27 heavy (non-hydrogen) atoms. The highest BCUT2D eigenvalue weighted by Crippen LogP contribution is 2.41. The predicted molar refractivity (Wildman–Crippen MR) is 106 cm³/mol. The van der Waals surface area contributed by atoms with E-state index in [2.05, 4.69) is 34.0 Å². The number of hydrogen-bond acceptors (Lipinski definition) is 7. The topological polar surface area (TPSA) is 64.7 Å². The molecule has 3 heterocycles. The maximum atomic E-state index is 13.1. The molecule has 1 atom stereocenters. The molecule has 5 nitrogen and oxygen atoms in total. The summed E-state index contributed by atoms with van der Waals surface area (Å²) in [4.78, 5) is 11.5. The molecule has 0 aliphatic rings. The Morgan fingerprint density at radius 3 is 2.56 bits per heavy atom. The van der Waals surface area contributed by atoms with E-state index in [-0.39, 0.29) is 11.1 Å². The standard InChI is InChI=1S/C19H17FN4OS2/c1-9-10(2)26-18-15(9)19(22-12(4)21-18)27-11(3)16-23-24-17(25-16)13-5-7-14(20)8-6-13/h5-8,11H,1-4H3/t11-/m0/s1. The number of aryl methyl sites for hydroxylation is 3. The van der Waals surface area contributed by atoms with Gasteiger partial charge in [-0.25, -0.2) is 14.4 Å². The summed E-state index contributed by atoms with van der Waals surface area (Å²) in [5.41, 5.74) is 1.90. The van der Waals surface area contributed by atoms with Crippen molar-refractivity contribution < 1.29 is 8.81 Å². The second-order valence-corrected chi connectivity index (χ2v) is 8.78. The van der Waals surface area contributed by atoms with Crippen LogP contribution in [0, 0.1) is 26.6 Å². The molecule has 1 aromatic carbocycles. The van der Waals surface area contributed by atoms with Crippen molar-refractivity contribution >= 4 is 33.3 Å². The van der Waals surface area contributed by atoms with Crippen LogP contribution in [0.4, 0.5) is 4.39 Å². The molecular weight excluding hydrogens is 383 g/mol. The van der Waals surface area contributed by atoms with E-state index in [4.69, 9.17) is 4.42 Å². The Bertz CT molecular complexity index is 1120. The van der Waals surface area contributed by atoms with Crippen molar-refractivity contribution in [2.24, 2.45) is 0 Å². The summed E-state index contributed by atoms with van der Waals surface area (Å²) >= 11 is 3.26. The third-order valence-electron chi connectivity index (χ3n) is 4.28. The number of thioether (sulfide) groups is 1. The second-order valence-electron chi connectivity index (χ2n) is 6.25. The lowest BCUT2D eigenvalue weighted by molar-refractivity contribution is 0.509. The van der Waals surface area contributed by atoms with Gasteiger partial charge in [0.05, 0.1) is 5.25 Å². The van der Waals surface area contributed by atoms with Crippen LogP contribution in [0.25, 0.3) is 21.7 Å². The molecule has 8 heteroatoms. The normalized spacial score (nSPS) is 12.6. The van der Waals surface area contributed by atoms with Crippen LogP contribution in [-0.4, -0.2) is 20.2 Å². The first kappa shape index (κ1) is 18.1. The Hall–Kier alpha value is -2.32. The number of fused-ring (bicyclic) bond motifs is 1. The summed E-state index contributed by atoms with van der Waals surface area (Å²) in [6, 6.07) is 6.00. The third kappa shape index (κ3) is 3.46. The van der Waals surface area contributed by atoms with E-state index in [1.807, 2.05) is 13.8 Å². The summed E-state index contributed by atoms with van der Waals surface area (Å²) in [6.45, 7) is 8.10. The SMILES string of the molecule is Cc1nc(S[C@@H](C)c2nnc(-c3ccc(F)cc3)o2)c2c(C)c(C)sc2n1. The second kappa shape index (κ2) is 7.01. The Kier molecular flexibility index (Phi) is 4.69. The lowest BCUT2D eigenvalue weighted by Gasteiger charge is -2.08. The molecule has 0 saturated carbocycles. The van der Waals surface area contributed by atoms with Gasteiger partial charge in [0.25, 0.3) is 0 Å². The largest absolute Gasteiger partial charge is 0.419 e. The number of aromatic nitrogens is 4. The molecule has 0 fully saturated rings. The monoisotopic (exact) mass is 400 g/mol. The lowest BCUT2D eigenvalue weighted by atomic mass is 10.2. The zero-order valence-electron chi connectivity index (χ0n) is 15.3. The van der Waals surface area contributed by atoms with E-state index < -0.39 is 0 Å². The minimum atomic E-state index is -0.299. The van der Waals surface area contributed by atoms with Crippen molar-refractivity contribution in [3.8, 4) is 11.5 Å². The van der Waals surface area contributed by atoms with E-state index in [9.17, 15) is 4.39 Å². The molecule has 4 aromatic rings. The minimum Gasteiger partial charge on any atom is -0.419 e. The highest BCUT2D eigenvalue weighted by atomic mass is 32.2. The fourth-order valence-electron chi connectivity index (χ4n) is 2.73. The van der Waals surface area contributed by atoms with Crippen molar-refractivity contribution in [2.45, 2.75) is 38.0 Å². The van der Waals surface area contributed by atoms with Gasteiger partial charge in [-0.15, -0.1) is 21.5 Å². The molecule has 0 saturated heterocycles. The van der Waals surface area contributed by atoms with Gasteiger partial charge in [0, 0.05) is 15.8 Å². The summed E-state index contributed by atoms with van der Waals surface area (Å²) in [7, 11) is 0. The molecule has 4 rings (SSSR count). The van der Waals surface area contributed by atoms with Gasteiger partial charge in [-0.1, -0.05) is 11.8 Å². The predicted octanol–water partition coefficient (Wildman–Crippen LogP) is 5.66. The quantitative estimate of drug-likeness (QED) is 0.325. The maximum Gasteiger partial charge on any atom is 0.247 e. The molecule has 0 spiro atoms. The van der Waals surface area contributed by atoms with Crippen LogP contribution in [0.1, 0.15) is 34.3 Å². The maximum absolute atomic E-state index is 13.1. The fourth-order valence-corrected chi connectivity index (χ4v) is 4.95. The van der Waals surface area contributed by atoms with Gasteiger partial charge >= 0.3 is 0 Å². The van der Waals surface area contributed by atoms with Crippen LogP contribution in [0.3, 0.4) is 0 Å². The summed E-state index contributed by atoms with van der Waals surface area (Å²) < 4.78 is 18.9. The first-order valence-corrected chi connectivity index (χ1v) is 10.1. The molecule has 0 bridgehead atoms. The number of rotatable bonds is 4. The summed E-state index contributed by atoms with van der Waals surface area (Å²) in [6.07, 6.45) is 0. The highest BCUT2D eigenvalue weighted by Gasteiger charge is 2.21. The van der Waals surface area contributed by atoms with Crippen LogP contribution < -0.4 is 0 Å². The summed E-state index contributed by atoms with van der Waals surface area (Å²) in [5, 5.41) is 10.2. The Balaban J connectivity index is 1.64. The Labute approximate surface area is 164 Å². The first-order valence-electron chi connectivity index (χ1n) is 8.42. The smallest absolute Gasteiger partial charge is 0.247 e. The zero-order chi connectivity index (χ0) is 19.1. The van der Waals surface area contributed by atoms with Gasteiger partial charge in [-0.3, -0.25) is 0 Å². The fraction of sp³-hybridized carbons (Fsp3) is 0.263. The van der Waals surface area contributed by atoms with Gasteiger partial charge in [-0.2, -0.15) is 0 Å². The average molecular weight is 401 g/mol. The molecule has 0 aliphatic carbocycles. The number of benzene rings is 1. The molecule has 138 valence electrons. The van der Waals surface area contributed by atoms with E-state index in [0.717, 1.165) is 21.1 Å². The van der Waals surface area contributed by atoms with E-state index in [1.54, 1.807) is 35.2 Å². The molecule has 0 aliphatic heterocycles. The molecule has 0 radical (unpaired) electrons. The molecule has 3 aromatic heterocycles. The molecule has 0 unspecified atom stereocenters. The van der Waals surface area contributed by atoms with Crippen LogP contribution in [-0.2, 0) is 0 Å². The Morgan fingerprint density at radius 2 is 1.81 bits per heavy atom. The minimum absolute atomic E-state index is 0.0798. The van der Waals surface area contributed by atoms with Crippen molar-refractivity contribution in [1.82, 2.24) is 20.2 Å².